The van der Waals surface area contributed by atoms with Crippen LogP contribution in [0.2, 0.25) is 0 Å². The van der Waals surface area contributed by atoms with Crippen molar-refractivity contribution in [1.82, 2.24) is 25.5 Å². The number of amides is 3. The Morgan fingerprint density at radius 1 is 1.24 bits per heavy atom. The predicted octanol–water partition coefficient (Wildman–Crippen LogP) is 3.97. The number of hydrogen-bond donors (Lipinski definition) is 3. The normalized spacial score (nSPS) is 16.2. The van der Waals surface area contributed by atoms with Crippen LogP contribution >= 0.6 is 0 Å². The maximum Gasteiger partial charge on any atom is 0.245 e. The standard InChI is InChI=1S/C28H41N5O4/c1-5-6-10-22(18-33(37)19-34)26(35)29-25(28(2,3)4)27(36)32-15-13-21(14-16-32)24-17-23(30-31-24)20-11-8-7-9-12-20/h7-9,11-12,17,19,21-22,25,37H,5-6,10,13-16,18H2,1-4H3,(H,29,35)(H,30,31). The number of unbranched alkanes of at least 4 members (excludes halogenated alkanes) is 1. The summed E-state index contributed by atoms with van der Waals surface area (Å²) >= 11 is 0. The van der Waals surface area contributed by atoms with Crippen molar-refractivity contribution >= 4 is 18.2 Å². The monoisotopic (exact) mass is 511 g/mol. The number of likely N-dealkylation sites (tertiary alicyclic amines) is 1. The van der Waals surface area contributed by atoms with Crippen molar-refractivity contribution in [3.8, 4) is 11.3 Å². The van der Waals surface area contributed by atoms with Crippen molar-refractivity contribution in [2.45, 2.75) is 71.8 Å². The Morgan fingerprint density at radius 2 is 1.92 bits per heavy atom. The lowest BCUT2D eigenvalue weighted by Crippen LogP contribution is -2.57. The molecule has 1 saturated heterocycles. The number of rotatable bonds is 11. The van der Waals surface area contributed by atoms with E-state index in [0.29, 0.717) is 31.0 Å². The Kier molecular flexibility index (Phi) is 9.86. The SMILES string of the molecule is CCCCC(CN(O)C=O)C(=O)NC(C(=O)N1CCC(c2cc(-c3ccccc3)n[nH]2)CC1)C(C)(C)C. The molecule has 2 heterocycles. The third-order valence-corrected chi connectivity index (χ3v) is 7.12. The molecule has 1 aromatic heterocycles. The van der Waals surface area contributed by atoms with Crippen molar-refractivity contribution in [2.75, 3.05) is 19.6 Å². The van der Waals surface area contributed by atoms with Gasteiger partial charge in [0.05, 0.1) is 18.2 Å². The van der Waals surface area contributed by atoms with E-state index in [1.54, 1.807) is 0 Å². The van der Waals surface area contributed by atoms with Gasteiger partial charge in [0.2, 0.25) is 18.2 Å². The molecule has 1 aromatic carbocycles. The minimum absolute atomic E-state index is 0.0963. The van der Waals surface area contributed by atoms with E-state index in [1.165, 1.54) is 0 Å². The lowest BCUT2D eigenvalue weighted by molar-refractivity contribution is -0.155. The van der Waals surface area contributed by atoms with Gasteiger partial charge in [-0.2, -0.15) is 5.10 Å². The molecular weight excluding hydrogens is 470 g/mol. The van der Waals surface area contributed by atoms with Crippen LogP contribution in [0.1, 0.15) is 71.4 Å². The van der Waals surface area contributed by atoms with Gasteiger partial charge in [0.25, 0.3) is 0 Å². The van der Waals surface area contributed by atoms with Crippen LogP contribution < -0.4 is 5.32 Å². The molecule has 0 radical (unpaired) electrons. The van der Waals surface area contributed by atoms with E-state index < -0.39 is 17.4 Å². The summed E-state index contributed by atoms with van der Waals surface area (Å²) in [6.07, 6.45) is 4.11. The maximum atomic E-state index is 13.6. The second kappa shape index (κ2) is 12.9. The number of hydroxylamine groups is 2. The quantitative estimate of drug-likeness (QED) is 0.240. The zero-order valence-corrected chi connectivity index (χ0v) is 22.4. The first-order valence-corrected chi connectivity index (χ1v) is 13.2. The van der Waals surface area contributed by atoms with Gasteiger partial charge < -0.3 is 10.2 Å². The van der Waals surface area contributed by atoms with E-state index >= 15 is 0 Å². The minimum Gasteiger partial charge on any atom is -0.344 e. The van der Waals surface area contributed by atoms with E-state index in [-0.39, 0.29) is 24.3 Å². The Hall–Kier alpha value is -3.20. The zero-order chi connectivity index (χ0) is 27.0. The van der Waals surface area contributed by atoms with Gasteiger partial charge in [0, 0.05) is 30.3 Å². The highest BCUT2D eigenvalue weighted by Gasteiger charge is 2.38. The summed E-state index contributed by atoms with van der Waals surface area (Å²) in [7, 11) is 0. The van der Waals surface area contributed by atoms with Crippen LogP contribution in [-0.4, -0.2) is 69.3 Å². The summed E-state index contributed by atoms with van der Waals surface area (Å²) in [5.41, 5.74) is 2.56. The molecule has 2 aromatic rings. The Balaban J connectivity index is 1.64. The Labute approximate surface area is 219 Å². The fourth-order valence-corrected chi connectivity index (χ4v) is 4.83. The smallest absolute Gasteiger partial charge is 0.245 e. The number of hydrogen-bond acceptors (Lipinski definition) is 5. The van der Waals surface area contributed by atoms with Crippen LogP contribution in [0.4, 0.5) is 0 Å². The van der Waals surface area contributed by atoms with Crippen LogP contribution in [0, 0.1) is 11.3 Å². The third kappa shape index (κ3) is 7.64. The highest BCUT2D eigenvalue weighted by Crippen LogP contribution is 2.31. The molecule has 9 heteroatoms. The summed E-state index contributed by atoms with van der Waals surface area (Å²) < 4.78 is 0. The van der Waals surface area contributed by atoms with E-state index in [4.69, 9.17) is 0 Å². The Morgan fingerprint density at radius 3 is 2.51 bits per heavy atom. The van der Waals surface area contributed by atoms with Gasteiger partial charge in [0.1, 0.15) is 6.04 Å². The number of carbonyl (C=O) groups is 3. The third-order valence-electron chi connectivity index (χ3n) is 7.12. The van der Waals surface area contributed by atoms with E-state index in [0.717, 1.165) is 42.6 Å². The lowest BCUT2D eigenvalue weighted by atomic mass is 9.84. The number of aromatic amines is 1. The van der Waals surface area contributed by atoms with Crippen molar-refractivity contribution in [3.63, 3.8) is 0 Å². The van der Waals surface area contributed by atoms with E-state index in [2.05, 4.69) is 21.6 Å². The zero-order valence-electron chi connectivity index (χ0n) is 22.4. The number of benzene rings is 1. The largest absolute Gasteiger partial charge is 0.344 e. The number of nitrogens with one attached hydrogen (secondary N) is 2. The molecule has 202 valence electrons. The molecule has 0 aliphatic carbocycles. The minimum atomic E-state index is -0.708. The summed E-state index contributed by atoms with van der Waals surface area (Å²) in [5, 5.41) is 20.8. The molecule has 3 amide bonds. The second-order valence-corrected chi connectivity index (χ2v) is 11.0. The lowest BCUT2D eigenvalue weighted by Gasteiger charge is -2.38. The maximum absolute atomic E-state index is 13.6. The highest BCUT2D eigenvalue weighted by molar-refractivity contribution is 5.89. The molecule has 2 unspecified atom stereocenters. The molecule has 1 fully saturated rings. The summed E-state index contributed by atoms with van der Waals surface area (Å²) in [4.78, 5) is 39.5. The molecule has 0 bridgehead atoms. The number of piperidine rings is 1. The molecule has 3 rings (SSSR count). The first-order valence-electron chi connectivity index (χ1n) is 13.2. The highest BCUT2D eigenvalue weighted by atomic mass is 16.5. The molecule has 0 spiro atoms. The Bertz CT molecular complexity index is 1020. The fraction of sp³-hybridized carbons (Fsp3) is 0.571. The molecule has 3 N–H and O–H groups in total. The van der Waals surface area contributed by atoms with Gasteiger partial charge in [-0.05, 0) is 30.7 Å². The average Bonchev–Trinajstić information content (AvgIpc) is 3.39. The van der Waals surface area contributed by atoms with Crippen LogP contribution in [0.25, 0.3) is 11.3 Å². The molecule has 37 heavy (non-hydrogen) atoms. The number of carbonyl (C=O) groups excluding carboxylic acids is 3. The van der Waals surface area contributed by atoms with Crippen molar-refractivity contribution < 1.29 is 19.6 Å². The van der Waals surface area contributed by atoms with Gasteiger partial charge in [-0.15, -0.1) is 0 Å². The van der Waals surface area contributed by atoms with E-state index in [1.807, 2.05) is 62.9 Å². The number of nitrogens with zero attached hydrogens (tertiary/aromatic N) is 3. The molecule has 9 nitrogen and oxygen atoms in total. The summed E-state index contributed by atoms with van der Waals surface area (Å²) in [6, 6.07) is 11.4. The average molecular weight is 512 g/mol. The summed E-state index contributed by atoms with van der Waals surface area (Å²) in [6.45, 7) is 8.92. The number of aromatic nitrogens is 2. The molecule has 1 aliphatic heterocycles. The van der Waals surface area contributed by atoms with E-state index in [9.17, 15) is 19.6 Å². The van der Waals surface area contributed by atoms with Crippen molar-refractivity contribution in [1.29, 1.82) is 0 Å². The molecule has 2 atom stereocenters. The molecular formula is C28H41N5O4. The predicted molar refractivity (Wildman–Crippen MR) is 142 cm³/mol. The first kappa shape index (κ1) is 28.4. The van der Waals surface area contributed by atoms with Crippen molar-refractivity contribution in [2.24, 2.45) is 11.3 Å². The van der Waals surface area contributed by atoms with Crippen LogP contribution in [0.5, 0.6) is 0 Å². The molecule has 1 aliphatic rings. The van der Waals surface area contributed by atoms with Gasteiger partial charge in [-0.1, -0.05) is 70.9 Å². The van der Waals surface area contributed by atoms with Gasteiger partial charge in [0.15, 0.2) is 0 Å². The molecule has 0 saturated carbocycles. The topological polar surface area (TPSA) is 119 Å². The van der Waals surface area contributed by atoms with Gasteiger partial charge >= 0.3 is 0 Å². The van der Waals surface area contributed by atoms with Crippen molar-refractivity contribution in [3.05, 3.63) is 42.1 Å². The van der Waals surface area contributed by atoms with Crippen LogP contribution in [-0.2, 0) is 14.4 Å². The van der Waals surface area contributed by atoms with Crippen LogP contribution in [0.15, 0.2) is 36.4 Å². The number of H-pyrrole nitrogens is 1. The van der Waals surface area contributed by atoms with Crippen LogP contribution in [0.3, 0.4) is 0 Å². The van der Waals surface area contributed by atoms with Gasteiger partial charge in [-0.25, -0.2) is 5.06 Å². The first-order chi connectivity index (χ1) is 17.6. The second-order valence-electron chi connectivity index (χ2n) is 11.0. The van der Waals surface area contributed by atoms with Gasteiger partial charge in [-0.3, -0.25) is 24.7 Å². The summed E-state index contributed by atoms with van der Waals surface area (Å²) in [5.74, 6) is -0.713. The fourth-order valence-electron chi connectivity index (χ4n) is 4.83.